The summed E-state index contributed by atoms with van der Waals surface area (Å²) >= 11 is 1.16. The van der Waals surface area contributed by atoms with Crippen LogP contribution in [0.5, 0.6) is 0 Å². The molecule has 0 spiro atoms. The van der Waals surface area contributed by atoms with Crippen molar-refractivity contribution in [1.29, 1.82) is 0 Å². The van der Waals surface area contributed by atoms with Gasteiger partial charge in [-0.1, -0.05) is 60.7 Å². The normalized spacial score (nSPS) is 11.0. The Kier molecular flexibility index (Phi) is 4.99. The monoisotopic (exact) mass is 369 g/mol. The number of nitrogens with one attached hydrogen (secondary N) is 1. The van der Waals surface area contributed by atoms with E-state index in [1.54, 1.807) is 6.92 Å². The molecule has 3 aromatic rings. The number of amides is 1. The molecule has 6 nitrogen and oxygen atoms in total. The Bertz CT molecular complexity index is 958. The van der Waals surface area contributed by atoms with Gasteiger partial charge >= 0.3 is 0 Å². The molecule has 0 unspecified atom stereocenters. The van der Waals surface area contributed by atoms with Crippen LogP contribution >= 0.6 is 11.3 Å². The number of hydrogen-bond donors (Lipinski definition) is 1. The van der Waals surface area contributed by atoms with Gasteiger partial charge in [-0.2, -0.15) is 0 Å². The highest BCUT2D eigenvalue weighted by atomic mass is 32.1. The van der Waals surface area contributed by atoms with E-state index in [4.69, 9.17) is 4.52 Å². The number of rotatable bonds is 5. The number of nitrogens with zero attached hydrogens (tertiary/aromatic N) is 2. The van der Waals surface area contributed by atoms with Gasteiger partial charge in [0.2, 0.25) is 0 Å². The van der Waals surface area contributed by atoms with Crippen molar-refractivity contribution in [2.75, 3.05) is 5.32 Å². The zero-order chi connectivity index (χ0) is 18.8. The largest absolute Gasteiger partial charge is 0.360 e. The van der Waals surface area contributed by atoms with Crippen LogP contribution in [0.15, 0.2) is 34.9 Å². The van der Waals surface area contributed by atoms with Gasteiger partial charge < -0.3 is 4.52 Å². The number of carbonyl (C=O) groups is 2. The highest BCUT2D eigenvalue weighted by Gasteiger charge is 2.24. The van der Waals surface area contributed by atoms with Gasteiger partial charge in [-0.05, 0) is 6.92 Å². The Morgan fingerprint density at radius 2 is 1.88 bits per heavy atom. The highest BCUT2D eigenvalue weighted by molar-refractivity contribution is 7.18. The van der Waals surface area contributed by atoms with Crippen LogP contribution in [-0.2, 0) is 0 Å². The molecular formula is C19H19N3O3S. The van der Waals surface area contributed by atoms with E-state index in [2.05, 4.69) is 15.5 Å². The predicted molar refractivity (Wildman–Crippen MR) is 101 cm³/mol. The van der Waals surface area contributed by atoms with Crippen molar-refractivity contribution in [2.45, 2.75) is 33.6 Å². The second-order valence-electron chi connectivity index (χ2n) is 6.24. The lowest BCUT2D eigenvalue weighted by atomic mass is 10.0. The Morgan fingerprint density at radius 3 is 2.50 bits per heavy atom. The van der Waals surface area contributed by atoms with Gasteiger partial charge in [0.05, 0.1) is 16.3 Å². The number of Topliss-reactive ketones (excluding diaryl/α,β-unsaturated/α-hetero) is 1. The molecule has 26 heavy (non-hydrogen) atoms. The van der Waals surface area contributed by atoms with E-state index in [0.29, 0.717) is 32.7 Å². The average molecular weight is 369 g/mol. The van der Waals surface area contributed by atoms with Crippen molar-refractivity contribution >= 4 is 28.2 Å². The van der Waals surface area contributed by atoms with Gasteiger partial charge in [-0.25, -0.2) is 4.98 Å². The lowest BCUT2D eigenvalue weighted by Gasteiger charge is -2.04. The van der Waals surface area contributed by atoms with E-state index >= 15 is 0 Å². The van der Waals surface area contributed by atoms with E-state index in [9.17, 15) is 9.59 Å². The molecule has 3 rings (SSSR count). The first-order chi connectivity index (χ1) is 12.4. The van der Waals surface area contributed by atoms with Crippen molar-refractivity contribution in [2.24, 2.45) is 0 Å². The number of carbonyl (C=O) groups excluding carboxylic acids is 2. The van der Waals surface area contributed by atoms with Crippen LogP contribution < -0.4 is 5.32 Å². The molecule has 134 valence electrons. The minimum atomic E-state index is -0.337. The van der Waals surface area contributed by atoms with Crippen molar-refractivity contribution < 1.29 is 14.1 Å². The van der Waals surface area contributed by atoms with Crippen LogP contribution in [0.2, 0.25) is 0 Å². The maximum atomic E-state index is 12.7. The second kappa shape index (κ2) is 7.21. The third kappa shape index (κ3) is 3.43. The molecule has 0 aliphatic carbocycles. The molecule has 0 aliphatic heterocycles. The van der Waals surface area contributed by atoms with Gasteiger partial charge in [0.1, 0.15) is 5.56 Å². The van der Waals surface area contributed by atoms with Crippen LogP contribution in [0.25, 0.3) is 11.3 Å². The topological polar surface area (TPSA) is 85.1 Å². The molecule has 1 N–H and O–H groups in total. The Labute approximate surface area is 155 Å². The summed E-state index contributed by atoms with van der Waals surface area (Å²) in [5.41, 5.74) is 2.35. The third-order valence-corrected chi connectivity index (χ3v) is 4.93. The highest BCUT2D eigenvalue weighted by Crippen LogP contribution is 2.32. The molecule has 2 aromatic heterocycles. The average Bonchev–Trinajstić information content (AvgIpc) is 3.19. The standard InChI is InChI=1S/C19H19N3O3S/c1-10(2)16-14(11(3)22-25-16)18(24)21-19-20-15(17(26-19)12(4)23)13-8-6-5-7-9-13/h5-10H,1-4H3,(H,20,21,24). The fourth-order valence-electron chi connectivity index (χ4n) is 2.62. The summed E-state index contributed by atoms with van der Waals surface area (Å²) in [4.78, 5) is 29.7. The zero-order valence-electron chi connectivity index (χ0n) is 15.0. The van der Waals surface area contributed by atoms with Crippen LogP contribution in [0.4, 0.5) is 5.13 Å². The van der Waals surface area contributed by atoms with Crippen molar-refractivity contribution in [3.63, 3.8) is 0 Å². The molecule has 0 saturated carbocycles. The number of aromatic nitrogens is 2. The number of thiazole rings is 1. The van der Waals surface area contributed by atoms with Crippen molar-refractivity contribution in [3.05, 3.63) is 52.2 Å². The van der Waals surface area contributed by atoms with Crippen molar-refractivity contribution in [3.8, 4) is 11.3 Å². The van der Waals surface area contributed by atoms with Crippen LogP contribution in [0, 0.1) is 6.92 Å². The summed E-state index contributed by atoms with van der Waals surface area (Å²) in [6, 6.07) is 9.43. The van der Waals surface area contributed by atoms with E-state index in [0.717, 1.165) is 16.9 Å². The first kappa shape index (κ1) is 18.0. The molecule has 0 fully saturated rings. The molecule has 1 amide bonds. The van der Waals surface area contributed by atoms with Gasteiger partial charge in [0.15, 0.2) is 16.7 Å². The van der Waals surface area contributed by atoms with Gasteiger partial charge in [0.25, 0.3) is 5.91 Å². The summed E-state index contributed by atoms with van der Waals surface area (Å²) in [5.74, 6) is 0.134. The molecule has 0 radical (unpaired) electrons. The van der Waals surface area contributed by atoms with E-state index < -0.39 is 0 Å². The first-order valence-corrected chi connectivity index (χ1v) is 9.04. The van der Waals surface area contributed by atoms with Crippen LogP contribution in [0.1, 0.15) is 58.2 Å². The van der Waals surface area contributed by atoms with Crippen LogP contribution in [-0.4, -0.2) is 21.8 Å². The van der Waals surface area contributed by atoms with Gasteiger partial charge in [-0.3, -0.25) is 14.9 Å². The summed E-state index contributed by atoms with van der Waals surface area (Å²) in [5, 5.41) is 7.04. The number of aryl methyl sites for hydroxylation is 1. The number of benzene rings is 1. The minimum Gasteiger partial charge on any atom is -0.360 e. The summed E-state index contributed by atoms with van der Waals surface area (Å²) in [6.07, 6.45) is 0. The SMILES string of the molecule is CC(=O)c1sc(NC(=O)c2c(C)noc2C(C)C)nc1-c1ccccc1. The molecule has 1 aromatic carbocycles. The Hall–Kier alpha value is -2.80. The number of ketones is 1. The summed E-state index contributed by atoms with van der Waals surface area (Å²) in [6.45, 7) is 7.08. The molecular weight excluding hydrogens is 350 g/mol. The Balaban J connectivity index is 1.95. The minimum absolute atomic E-state index is 0.0286. The van der Waals surface area contributed by atoms with E-state index in [1.807, 2.05) is 44.2 Å². The lowest BCUT2D eigenvalue weighted by molar-refractivity contribution is 0.101. The third-order valence-electron chi connectivity index (χ3n) is 3.86. The molecule has 0 atom stereocenters. The van der Waals surface area contributed by atoms with Crippen molar-refractivity contribution in [1.82, 2.24) is 10.1 Å². The van der Waals surface area contributed by atoms with Gasteiger partial charge in [0, 0.05) is 18.4 Å². The number of anilines is 1. The second-order valence-corrected chi connectivity index (χ2v) is 7.23. The summed E-state index contributed by atoms with van der Waals surface area (Å²) in [7, 11) is 0. The quantitative estimate of drug-likeness (QED) is 0.660. The maximum absolute atomic E-state index is 12.7. The van der Waals surface area contributed by atoms with Gasteiger partial charge in [-0.15, -0.1) is 0 Å². The first-order valence-electron chi connectivity index (χ1n) is 8.23. The molecule has 7 heteroatoms. The fraction of sp³-hybridized carbons (Fsp3) is 0.263. The fourth-order valence-corrected chi connectivity index (χ4v) is 3.50. The molecule has 2 heterocycles. The van der Waals surface area contributed by atoms with E-state index in [-0.39, 0.29) is 17.6 Å². The Morgan fingerprint density at radius 1 is 1.19 bits per heavy atom. The molecule has 0 aliphatic rings. The lowest BCUT2D eigenvalue weighted by Crippen LogP contribution is -2.14. The zero-order valence-corrected chi connectivity index (χ0v) is 15.8. The molecule has 0 bridgehead atoms. The number of hydrogen-bond acceptors (Lipinski definition) is 6. The summed E-state index contributed by atoms with van der Waals surface area (Å²) < 4.78 is 5.27. The smallest absolute Gasteiger partial charge is 0.262 e. The predicted octanol–water partition coefficient (Wildman–Crippen LogP) is 4.68. The molecule has 0 saturated heterocycles. The maximum Gasteiger partial charge on any atom is 0.262 e. The van der Waals surface area contributed by atoms with E-state index in [1.165, 1.54) is 6.92 Å². The van der Waals surface area contributed by atoms with Crippen LogP contribution in [0.3, 0.4) is 0 Å².